The molecule has 128 valence electrons. The molecular weight excluding hydrogens is 332 g/mol. The molecule has 0 fully saturated rings. The van der Waals surface area contributed by atoms with Crippen molar-refractivity contribution in [1.29, 1.82) is 0 Å². The second-order valence-electron chi connectivity index (χ2n) is 5.45. The predicted octanol–water partition coefficient (Wildman–Crippen LogP) is 2.25. The number of nitrogens with one attached hydrogen (secondary N) is 1. The molecule has 1 aromatic carbocycles. The Morgan fingerprint density at radius 1 is 1.04 bits per heavy atom. The van der Waals surface area contributed by atoms with Gasteiger partial charge >= 0.3 is 0 Å². The van der Waals surface area contributed by atoms with Crippen molar-refractivity contribution in [1.82, 2.24) is 30.0 Å². The molecule has 0 radical (unpaired) electrons. The number of carbonyl (C=O) groups is 1. The molecule has 8 heteroatoms. The molecule has 0 atom stereocenters. The lowest BCUT2D eigenvalue weighted by Gasteiger charge is -2.05. The number of pyridine rings is 1. The molecule has 1 amide bonds. The van der Waals surface area contributed by atoms with E-state index in [1.54, 1.807) is 49.2 Å². The normalized spacial score (nSPS) is 10.6. The van der Waals surface area contributed by atoms with E-state index in [2.05, 4.69) is 25.4 Å². The summed E-state index contributed by atoms with van der Waals surface area (Å²) in [5.41, 5.74) is 2.28. The van der Waals surface area contributed by atoms with Gasteiger partial charge in [-0.05, 0) is 36.4 Å². The molecule has 0 saturated heterocycles. The van der Waals surface area contributed by atoms with Crippen molar-refractivity contribution < 1.29 is 9.32 Å². The molecule has 0 aliphatic rings. The molecule has 0 bridgehead atoms. The fourth-order valence-electron chi connectivity index (χ4n) is 2.40. The summed E-state index contributed by atoms with van der Waals surface area (Å²) in [5, 5.41) is 6.67. The maximum Gasteiger partial charge on any atom is 0.251 e. The highest BCUT2D eigenvalue weighted by molar-refractivity contribution is 5.94. The first-order valence-corrected chi connectivity index (χ1v) is 7.89. The van der Waals surface area contributed by atoms with E-state index in [1.807, 2.05) is 22.9 Å². The standard InChI is InChI=1S/C18H14N6O2/c25-18(14-1-3-15(4-2-14)24-10-9-20-12-24)21-11-16-22-17(23-26-16)13-5-7-19-8-6-13/h1-10,12H,11H2,(H,21,25). The third-order valence-corrected chi connectivity index (χ3v) is 3.74. The number of imidazole rings is 1. The van der Waals surface area contributed by atoms with Gasteiger partial charge in [0.05, 0.1) is 12.9 Å². The van der Waals surface area contributed by atoms with Crippen LogP contribution < -0.4 is 5.32 Å². The molecule has 26 heavy (non-hydrogen) atoms. The van der Waals surface area contributed by atoms with Gasteiger partial charge in [-0.15, -0.1) is 0 Å². The molecule has 3 aromatic heterocycles. The van der Waals surface area contributed by atoms with Crippen molar-refractivity contribution in [2.24, 2.45) is 0 Å². The molecule has 8 nitrogen and oxygen atoms in total. The van der Waals surface area contributed by atoms with Crippen molar-refractivity contribution in [3.05, 3.63) is 79.0 Å². The molecule has 4 rings (SSSR count). The predicted molar refractivity (Wildman–Crippen MR) is 92.3 cm³/mol. The number of nitrogens with zero attached hydrogens (tertiary/aromatic N) is 5. The Bertz CT molecular complexity index is 994. The highest BCUT2D eigenvalue weighted by Crippen LogP contribution is 2.14. The maximum atomic E-state index is 12.3. The van der Waals surface area contributed by atoms with Gasteiger partial charge < -0.3 is 14.4 Å². The molecule has 0 saturated carbocycles. The Balaban J connectivity index is 1.39. The van der Waals surface area contributed by atoms with Crippen molar-refractivity contribution in [3.63, 3.8) is 0 Å². The summed E-state index contributed by atoms with van der Waals surface area (Å²) < 4.78 is 7.03. The van der Waals surface area contributed by atoms with Crippen LogP contribution in [0.5, 0.6) is 0 Å². The quantitative estimate of drug-likeness (QED) is 0.595. The average molecular weight is 346 g/mol. The Hall–Kier alpha value is -3.81. The van der Waals surface area contributed by atoms with Gasteiger partial charge in [0.15, 0.2) is 0 Å². The minimum Gasteiger partial charge on any atom is -0.343 e. The zero-order valence-corrected chi connectivity index (χ0v) is 13.6. The van der Waals surface area contributed by atoms with Crippen molar-refractivity contribution in [2.45, 2.75) is 6.54 Å². The maximum absolute atomic E-state index is 12.3. The molecular formula is C18H14N6O2. The Labute approximate surface area is 148 Å². The minimum absolute atomic E-state index is 0.153. The third-order valence-electron chi connectivity index (χ3n) is 3.74. The number of hydrogen-bond donors (Lipinski definition) is 1. The van der Waals surface area contributed by atoms with E-state index in [0.717, 1.165) is 11.3 Å². The topological polar surface area (TPSA) is 98.7 Å². The van der Waals surface area contributed by atoms with Gasteiger partial charge in [0.2, 0.25) is 11.7 Å². The first-order chi connectivity index (χ1) is 12.8. The van der Waals surface area contributed by atoms with Gasteiger partial charge in [0.25, 0.3) is 5.91 Å². The lowest BCUT2D eigenvalue weighted by Crippen LogP contribution is -2.22. The second kappa shape index (κ2) is 6.98. The second-order valence-corrected chi connectivity index (χ2v) is 5.45. The molecule has 1 N–H and O–H groups in total. The number of rotatable bonds is 5. The number of carbonyl (C=O) groups excluding carboxylic acids is 1. The lowest BCUT2D eigenvalue weighted by atomic mass is 10.2. The van der Waals surface area contributed by atoms with E-state index in [4.69, 9.17) is 4.52 Å². The van der Waals surface area contributed by atoms with Crippen LogP contribution in [0.3, 0.4) is 0 Å². The van der Waals surface area contributed by atoms with Crippen LogP contribution in [-0.2, 0) is 6.54 Å². The number of aromatic nitrogens is 5. The highest BCUT2D eigenvalue weighted by atomic mass is 16.5. The smallest absolute Gasteiger partial charge is 0.251 e. The van der Waals surface area contributed by atoms with E-state index in [-0.39, 0.29) is 12.5 Å². The van der Waals surface area contributed by atoms with Crippen LogP contribution >= 0.6 is 0 Å². The van der Waals surface area contributed by atoms with Gasteiger partial charge in [-0.2, -0.15) is 4.98 Å². The van der Waals surface area contributed by atoms with Crippen molar-refractivity contribution in [3.8, 4) is 17.1 Å². The molecule has 0 unspecified atom stereocenters. The van der Waals surface area contributed by atoms with E-state index < -0.39 is 0 Å². The summed E-state index contributed by atoms with van der Waals surface area (Å²) in [7, 11) is 0. The fourth-order valence-corrected chi connectivity index (χ4v) is 2.40. The summed E-state index contributed by atoms with van der Waals surface area (Å²) in [5.74, 6) is 0.576. The Morgan fingerprint density at radius 3 is 2.58 bits per heavy atom. The van der Waals surface area contributed by atoms with Gasteiger partial charge in [-0.25, -0.2) is 4.98 Å². The average Bonchev–Trinajstić information content (AvgIpc) is 3.39. The fraction of sp³-hybridized carbons (Fsp3) is 0.0556. The first kappa shape index (κ1) is 15.7. The zero-order chi connectivity index (χ0) is 17.8. The number of hydrogen-bond acceptors (Lipinski definition) is 6. The van der Waals surface area contributed by atoms with Gasteiger partial charge in [-0.1, -0.05) is 5.16 Å². The molecule has 0 spiro atoms. The summed E-state index contributed by atoms with van der Waals surface area (Å²) in [6, 6.07) is 10.8. The van der Waals surface area contributed by atoms with Crippen LogP contribution in [0.15, 0.2) is 72.0 Å². The summed E-state index contributed by atoms with van der Waals surface area (Å²) in [4.78, 5) is 24.5. The van der Waals surface area contributed by atoms with Crippen LogP contribution in [0, 0.1) is 0 Å². The van der Waals surface area contributed by atoms with Crippen LogP contribution in [0.2, 0.25) is 0 Å². The van der Waals surface area contributed by atoms with Gasteiger partial charge in [0, 0.05) is 41.6 Å². The summed E-state index contributed by atoms with van der Waals surface area (Å²) in [6.45, 7) is 0.153. The molecule has 0 aliphatic heterocycles. The van der Waals surface area contributed by atoms with Crippen LogP contribution in [0.4, 0.5) is 0 Å². The van der Waals surface area contributed by atoms with E-state index in [1.165, 1.54) is 0 Å². The SMILES string of the molecule is O=C(NCc1nc(-c2ccncc2)no1)c1ccc(-n2ccnc2)cc1. The van der Waals surface area contributed by atoms with Gasteiger partial charge in [0.1, 0.15) is 0 Å². The van der Waals surface area contributed by atoms with Crippen LogP contribution in [-0.4, -0.2) is 30.6 Å². The zero-order valence-electron chi connectivity index (χ0n) is 13.6. The Morgan fingerprint density at radius 2 is 1.85 bits per heavy atom. The highest BCUT2D eigenvalue weighted by Gasteiger charge is 2.11. The van der Waals surface area contributed by atoms with Crippen molar-refractivity contribution in [2.75, 3.05) is 0 Å². The largest absolute Gasteiger partial charge is 0.343 e. The lowest BCUT2D eigenvalue weighted by molar-refractivity contribution is 0.0946. The van der Waals surface area contributed by atoms with Crippen molar-refractivity contribution >= 4 is 5.91 Å². The summed E-state index contributed by atoms with van der Waals surface area (Å²) >= 11 is 0. The van der Waals surface area contributed by atoms with E-state index in [9.17, 15) is 4.79 Å². The van der Waals surface area contributed by atoms with Crippen LogP contribution in [0.25, 0.3) is 17.1 Å². The number of benzene rings is 1. The first-order valence-electron chi connectivity index (χ1n) is 7.89. The minimum atomic E-state index is -0.217. The molecule has 3 heterocycles. The van der Waals surface area contributed by atoms with Gasteiger partial charge in [-0.3, -0.25) is 9.78 Å². The monoisotopic (exact) mass is 346 g/mol. The molecule has 0 aliphatic carbocycles. The van der Waals surface area contributed by atoms with E-state index in [0.29, 0.717) is 17.3 Å². The molecule has 4 aromatic rings. The summed E-state index contributed by atoms with van der Waals surface area (Å²) in [6.07, 6.45) is 8.54. The van der Waals surface area contributed by atoms with Crippen LogP contribution in [0.1, 0.15) is 16.2 Å². The Kier molecular flexibility index (Phi) is 4.21. The van der Waals surface area contributed by atoms with E-state index >= 15 is 0 Å². The third kappa shape index (κ3) is 3.34. The number of amides is 1.